The molecule has 3 nitrogen and oxygen atoms in total. The lowest BCUT2D eigenvalue weighted by molar-refractivity contribution is 0.583. The van der Waals surface area contributed by atoms with Crippen LogP contribution in [-0.4, -0.2) is 24.6 Å². The molecule has 0 aliphatic carbocycles. The van der Waals surface area contributed by atoms with Crippen molar-refractivity contribution in [1.82, 2.24) is 10.3 Å². The number of rotatable bonds is 6. The SMILES string of the molecule is CC(C)CN(C)c1ncc(Br)cc1CNC(C)C. The maximum Gasteiger partial charge on any atom is 0.132 e. The van der Waals surface area contributed by atoms with E-state index in [1.807, 2.05) is 6.20 Å². The number of aromatic nitrogens is 1. The van der Waals surface area contributed by atoms with Gasteiger partial charge in [0, 0.05) is 42.4 Å². The number of hydrogen-bond donors (Lipinski definition) is 1. The average Bonchev–Trinajstić information content (AvgIpc) is 2.25. The average molecular weight is 314 g/mol. The van der Waals surface area contributed by atoms with E-state index in [1.54, 1.807) is 0 Å². The molecule has 0 bridgehead atoms. The lowest BCUT2D eigenvalue weighted by atomic mass is 10.2. The van der Waals surface area contributed by atoms with Crippen molar-refractivity contribution in [2.45, 2.75) is 40.3 Å². The summed E-state index contributed by atoms with van der Waals surface area (Å²) in [7, 11) is 2.11. The number of nitrogens with zero attached hydrogens (tertiary/aromatic N) is 2. The van der Waals surface area contributed by atoms with Gasteiger partial charge in [0.2, 0.25) is 0 Å². The van der Waals surface area contributed by atoms with Gasteiger partial charge in [-0.15, -0.1) is 0 Å². The topological polar surface area (TPSA) is 28.2 Å². The Morgan fingerprint density at radius 2 is 2.00 bits per heavy atom. The van der Waals surface area contributed by atoms with E-state index in [-0.39, 0.29) is 0 Å². The normalized spacial score (nSPS) is 11.3. The van der Waals surface area contributed by atoms with Crippen molar-refractivity contribution in [2.75, 3.05) is 18.5 Å². The van der Waals surface area contributed by atoms with Crippen molar-refractivity contribution in [3.8, 4) is 0 Å². The molecule has 1 rings (SSSR count). The van der Waals surface area contributed by atoms with Crippen LogP contribution in [-0.2, 0) is 6.54 Å². The van der Waals surface area contributed by atoms with Crippen molar-refractivity contribution >= 4 is 21.7 Å². The standard InChI is InChI=1S/C14H24BrN3/c1-10(2)9-18(5)14-12(7-16-11(3)4)6-13(15)8-17-14/h6,8,10-11,16H,7,9H2,1-5H3. The van der Waals surface area contributed by atoms with Crippen LogP contribution in [0.1, 0.15) is 33.3 Å². The highest BCUT2D eigenvalue weighted by molar-refractivity contribution is 9.10. The Morgan fingerprint density at radius 3 is 2.56 bits per heavy atom. The second-order valence-corrected chi connectivity index (χ2v) is 6.36. The summed E-state index contributed by atoms with van der Waals surface area (Å²) in [5.74, 6) is 1.70. The highest BCUT2D eigenvalue weighted by Crippen LogP contribution is 2.21. The van der Waals surface area contributed by atoms with Gasteiger partial charge in [0.1, 0.15) is 5.82 Å². The van der Waals surface area contributed by atoms with Gasteiger partial charge in [-0.05, 0) is 27.9 Å². The molecule has 18 heavy (non-hydrogen) atoms. The number of nitrogens with one attached hydrogen (secondary N) is 1. The first kappa shape index (κ1) is 15.4. The number of anilines is 1. The zero-order valence-electron chi connectivity index (χ0n) is 12.0. The zero-order chi connectivity index (χ0) is 13.7. The van der Waals surface area contributed by atoms with Crippen LogP contribution in [0.5, 0.6) is 0 Å². The molecule has 0 atom stereocenters. The molecule has 1 heterocycles. The van der Waals surface area contributed by atoms with Crippen LogP contribution in [0.25, 0.3) is 0 Å². The van der Waals surface area contributed by atoms with E-state index in [9.17, 15) is 0 Å². The second-order valence-electron chi connectivity index (χ2n) is 5.45. The summed E-state index contributed by atoms with van der Waals surface area (Å²) in [5, 5.41) is 3.45. The fourth-order valence-corrected chi connectivity index (χ4v) is 2.27. The molecule has 0 saturated heterocycles. The molecule has 1 aromatic rings. The highest BCUT2D eigenvalue weighted by Gasteiger charge is 2.11. The van der Waals surface area contributed by atoms with Crippen LogP contribution in [0.4, 0.5) is 5.82 Å². The molecule has 1 N–H and O–H groups in total. The Bertz CT molecular complexity index is 377. The lowest BCUT2D eigenvalue weighted by Crippen LogP contribution is -2.27. The third-order valence-electron chi connectivity index (χ3n) is 2.61. The number of halogens is 1. The minimum atomic E-state index is 0.479. The van der Waals surface area contributed by atoms with Gasteiger partial charge in [-0.1, -0.05) is 27.7 Å². The van der Waals surface area contributed by atoms with Crippen molar-refractivity contribution in [1.29, 1.82) is 0 Å². The summed E-state index contributed by atoms with van der Waals surface area (Å²) in [6.45, 7) is 10.6. The summed E-state index contributed by atoms with van der Waals surface area (Å²) >= 11 is 3.49. The molecule has 0 aliphatic rings. The monoisotopic (exact) mass is 313 g/mol. The predicted octanol–water partition coefficient (Wildman–Crippen LogP) is 3.43. The van der Waals surface area contributed by atoms with Crippen molar-refractivity contribution in [3.63, 3.8) is 0 Å². The quantitative estimate of drug-likeness (QED) is 0.872. The summed E-state index contributed by atoms with van der Waals surface area (Å²) in [6.07, 6.45) is 1.87. The molecule has 0 spiro atoms. The maximum absolute atomic E-state index is 4.55. The molecule has 102 valence electrons. The summed E-state index contributed by atoms with van der Waals surface area (Å²) in [5.41, 5.74) is 1.24. The first-order chi connectivity index (χ1) is 8.40. The molecule has 0 aromatic carbocycles. The van der Waals surface area contributed by atoms with Gasteiger partial charge in [-0.3, -0.25) is 0 Å². The molecular weight excluding hydrogens is 290 g/mol. The fraction of sp³-hybridized carbons (Fsp3) is 0.643. The molecule has 0 fully saturated rings. The van der Waals surface area contributed by atoms with Crippen molar-refractivity contribution in [2.24, 2.45) is 5.92 Å². The van der Waals surface area contributed by atoms with Crippen LogP contribution in [0.15, 0.2) is 16.7 Å². The summed E-state index contributed by atoms with van der Waals surface area (Å²) in [6, 6.07) is 2.63. The minimum absolute atomic E-state index is 0.479. The van der Waals surface area contributed by atoms with Crippen LogP contribution >= 0.6 is 15.9 Å². The summed E-state index contributed by atoms with van der Waals surface area (Å²) < 4.78 is 1.03. The molecule has 1 aromatic heterocycles. The molecule has 0 radical (unpaired) electrons. The Morgan fingerprint density at radius 1 is 1.33 bits per heavy atom. The van der Waals surface area contributed by atoms with Crippen LogP contribution < -0.4 is 10.2 Å². The van der Waals surface area contributed by atoms with Gasteiger partial charge in [-0.2, -0.15) is 0 Å². The number of pyridine rings is 1. The van der Waals surface area contributed by atoms with E-state index in [4.69, 9.17) is 0 Å². The minimum Gasteiger partial charge on any atom is -0.359 e. The second kappa shape index (κ2) is 7.10. The fourth-order valence-electron chi connectivity index (χ4n) is 1.90. The van der Waals surface area contributed by atoms with Gasteiger partial charge in [0.25, 0.3) is 0 Å². The zero-order valence-corrected chi connectivity index (χ0v) is 13.6. The van der Waals surface area contributed by atoms with E-state index in [0.29, 0.717) is 12.0 Å². The van der Waals surface area contributed by atoms with Gasteiger partial charge >= 0.3 is 0 Å². The van der Waals surface area contributed by atoms with Crippen LogP contribution in [0.3, 0.4) is 0 Å². The smallest absolute Gasteiger partial charge is 0.132 e. The van der Waals surface area contributed by atoms with Crippen LogP contribution in [0.2, 0.25) is 0 Å². The third kappa shape index (κ3) is 4.94. The number of hydrogen-bond acceptors (Lipinski definition) is 3. The molecule has 0 unspecified atom stereocenters. The van der Waals surface area contributed by atoms with Crippen molar-refractivity contribution < 1.29 is 0 Å². The predicted molar refractivity (Wildman–Crippen MR) is 82.0 cm³/mol. The Labute approximate surface area is 119 Å². The molecular formula is C14H24BrN3. The largest absolute Gasteiger partial charge is 0.359 e. The highest BCUT2D eigenvalue weighted by atomic mass is 79.9. The van der Waals surface area contributed by atoms with E-state index < -0.39 is 0 Å². The van der Waals surface area contributed by atoms with E-state index in [0.717, 1.165) is 23.4 Å². The van der Waals surface area contributed by atoms with E-state index >= 15 is 0 Å². The maximum atomic E-state index is 4.55. The van der Waals surface area contributed by atoms with Gasteiger partial charge < -0.3 is 10.2 Å². The van der Waals surface area contributed by atoms with Gasteiger partial charge in [-0.25, -0.2) is 4.98 Å². The van der Waals surface area contributed by atoms with E-state index in [2.05, 4.69) is 71.9 Å². The van der Waals surface area contributed by atoms with E-state index in [1.165, 1.54) is 5.56 Å². The van der Waals surface area contributed by atoms with Crippen LogP contribution in [0, 0.1) is 5.92 Å². The van der Waals surface area contributed by atoms with Gasteiger partial charge in [0.05, 0.1) is 0 Å². The molecule has 4 heteroatoms. The Hall–Kier alpha value is -0.610. The Kier molecular flexibility index (Phi) is 6.09. The molecule has 0 saturated carbocycles. The molecule has 0 amide bonds. The van der Waals surface area contributed by atoms with Gasteiger partial charge in [0.15, 0.2) is 0 Å². The third-order valence-corrected chi connectivity index (χ3v) is 3.04. The lowest BCUT2D eigenvalue weighted by Gasteiger charge is -2.23. The summed E-state index contributed by atoms with van der Waals surface area (Å²) in [4.78, 5) is 6.78. The molecule has 0 aliphatic heterocycles. The first-order valence-corrected chi connectivity index (χ1v) is 7.28. The van der Waals surface area contributed by atoms with Crippen molar-refractivity contribution in [3.05, 3.63) is 22.3 Å². The first-order valence-electron chi connectivity index (χ1n) is 6.49. The Balaban J connectivity index is 2.88.